The van der Waals surface area contributed by atoms with Crippen molar-refractivity contribution in [2.45, 2.75) is 39.2 Å². The number of hydrogen-bond acceptors (Lipinski definition) is 2. The quantitative estimate of drug-likeness (QED) is 0.331. The number of hydrogen-bond donors (Lipinski definition) is 0. The van der Waals surface area contributed by atoms with Gasteiger partial charge in [0.25, 0.3) is 0 Å². The molecule has 0 aliphatic carbocycles. The summed E-state index contributed by atoms with van der Waals surface area (Å²) < 4.78 is 8.35. The fourth-order valence-corrected chi connectivity index (χ4v) is 3.74. The fraction of sp³-hybridized carbons (Fsp3) is 0.269. The van der Waals surface area contributed by atoms with E-state index in [9.17, 15) is 0 Å². The van der Waals surface area contributed by atoms with E-state index in [4.69, 9.17) is 9.72 Å². The second kappa shape index (κ2) is 9.42. The molecule has 0 unspecified atom stereocenters. The molecule has 0 aliphatic heterocycles. The lowest BCUT2D eigenvalue weighted by Gasteiger charge is -2.11. The van der Waals surface area contributed by atoms with Gasteiger partial charge in [-0.3, -0.25) is 0 Å². The molecular formula is C26H28N2O. The number of aryl methyl sites for hydroxylation is 4. The molecule has 0 saturated heterocycles. The number of para-hydroxylation sites is 3. The minimum atomic E-state index is 0.747. The first kappa shape index (κ1) is 19.3. The standard InChI is InChI=1S/C26H28N2O/c1-21-11-5-8-16-25(21)29-20-10-9-19-28-24-15-7-6-14-23(24)27-26(28)18-17-22-12-3-2-4-13-22/h2-8,11-16H,9-10,17-20H2,1H3. The average Bonchev–Trinajstić information content (AvgIpc) is 3.11. The predicted molar refractivity (Wildman–Crippen MR) is 119 cm³/mol. The molecule has 4 rings (SSSR count). The molecule has 0 spiro atoms. The topological polar surface area (TPSA) is 27.1 Å². The van der Waals surface area contributed by atoms with Crippen LogP contribution in [0.25, 0.3) is 11.0 Å². The van der Waals surface area contributed by atoms with Gasteiger partial charge in [-0.25, -0.2) is 4.98 Å². The highest BCUT2D eigenvalue weighted by Crippen LogP contribution is 2.19. The molecule has 0 fully saturated rings. The Kier molecular flexibility index (Phi) is 6.25. The van der Waals surface area contributed by atoms with Crippen LogP contribution in [0.2, 0.25) is 0 Å². The van der Waals surface area contributed by atoms with Crippen LogP contribution in [0.5, 0.6) is 5.75 Å². The molecular weight excluding hydrogens is 356 g/mol. The van der Waals surface area contributed by atoms with E-state index < -0.39 is 0 Å². The zero-order valence-electron chi connectivity index (χ0n) is 17.1. The van der Waals surface area contributed by atoms with E-state index in [0.29, 0.717) is 0 Å². The van der Waals surface area contributed by atoms with Crippen molar-refractivity contribution < 1.29 is 4.74 Å². The lowest BCUT2D eigenvalue weighted by molar-refractivity contribution is 0.301. The van der Waals surface area contributed by atoms with E-state index in [-0.39, 0.29) is 0 Å². The number of nitrogens with zero attached hydrogens (tertiary/aromatic N) is 2. The summed E-state index contributed by atoms with van der Waals surface area (Å²) in [5.74, 6) is 2.17. The Morgan fingerprint density at radius 2 is 1.55 bits per heavy atom. The molecule has 0 radical (unpaired) electrons. The smallest absolute Gasteiger partial charge is 0.122 e. The van der Waals surface area contributed by atoms with E-state index in [1.807, 2.05) is 18.2 Å². The summed E-state index contributed by atoms with van der Waals surface area (Å²) >= 11 is 0. The highest BCUT2D eigenvalue weighted by Gasteiger charge is 2.10. The van der Waals surface area contributed by atoms with Gasteiger partial charge in [0.2, 0.25) is 0 Å². The van der Waals surface area contributed by atoms with Gasteiger partial charge in [0, 0.05) is 13.0 Å². The summed E-state index contributed by atoms with van der Waals surface area (Å²) in [6.45, 7) is 3.81. The number of imidazole rings is 1. The van der Waals surface area contributed by atoms with Crippen molar-refractivity contribution in [1.29, 1.82) is 0 Å². The van der Waals surface area contributed by atoms with Crippen molar-refractivity contribution in [3.05, 3.63) is 95.8 Å². The second-order valence-corrected chi connectivity index (χ2v) is 7.48. The Morgan fingerprint density at radius 1 is 0.793 bits per heavy atom. The normalized spacial score (nSPS) is 11.1. The molecule has 0 bridgehead atoms. The maximum Gasteiger partial charge on any atom is 0.122 e. The van der Waals surface area contributed by atoms with E-state index in [0.717, 1.165) is 50.1 Å². The minimum absolute atomic E-state index is 0.747. The number of aromatic nitrogens is 2. The van der Waals surface area contributed by atoms with Gasteiger partial charge < -0.3 is 9.30 Å². The molecule has 0 atom stereocenters. The Labute approximate surface area is 173 Å². The molecule has 3 aromatic carbocycles. The maximum absolute atomic E-state index is 5.95. The van der Waals surface area contributed by atoms with Gasteiger partial charge in [-0.2, -0.15) is 0 Å². The molecule has 1 aromatic heterocycles. The van der Waals surface area contributed by atoms with Crippen molar-refractivity contribution in [2.75, 3.05) is 6.61 Å². The number of fused-ring (bicyclic) bond motifs is 1. The summed E-state index contributed by atoms with van der Waals surface area (Å²) in [7, 11) is 0. The van der Waals surface area contributed by atoms with E-state index in [1.54, 1.807) is 0 Å². The van der Waals surface area contributed by atoms with Gasteiger partial charge >= 0.3 is 0 Å². The van der Waals surface area contributed by atoms with Crippen LogP contribution < -0.4 is 4.74 Å². The zero-order chi connectivity index (χ0) is 19.9. The number of ether oxygens (including phenoxy) is 1. The van der Waals surface area contributed by atoms with E-state index >= 15 is 0 Å². The van der Waals surface area contributed by atoms with Crippen LogP contribution in [-0.4, -0.2) is 16.2 Å². The monoisotopic (exact) mass is 384 g/mol. The molecule has 4 aromatic rings. The SMILES string of the molecule is Cc1ccccc1OCCCCn1c(CCc2ccccc2)nc2ccccc21. The first-order chi connectivity index (χ1) is 14.3. The molecule has 0 amide bonds. The number of rotatable bonds is 9. The van der Waals surface area contributed by atoms with Gasteiger partial charge in [0.15, 0.2) is 0 Å². The van der Waals surface area contributed by atoms with Crippen LogP contribution in [-0.2, 0) is 19.4 Å². The molecule has 3 heteroatoms. The Bertz CT molecular complexity index is 1050. The van der Waals surface area contributed by atoms with Crippen LogP contribution in [0.1, 0.15) is 29.8 Å². The molecule has 3 nitrogen and oxygen atoms in total. The summed E-state index contributed by atoms with van der Waals surface area (Å²) in [5.41, 5.74) is 4.87. The van der Waals surface area contributed by atoms with Gasteiger partial charge in [0.05, 0.1) is 17.6 Å². The van der Waals surface area contributed by atoms with E-state index in [1.165, 1.54) is 22.5 Å². The van der Waals surface area contributed by atoms with Gasteiger partial charge in [-0.05, 0) is 55.5 Å². The first-order valence-corrected chi connectivity index (χ1v) is 10.5. The predicted octanol–water partition coefficient (Wildman–Crippen LogP) is 5.99. The Morgan fingerprint density at radius 3 is 2.41 bits per heavy atom. The lowest BCUT2D eigenvalue weighted by Crippen LogP contribution is -2.07. The Hall–Kier alpha value is -3.07. The van der Waals surface area contributed by atoms with Crippen molar-refractivity contribution >= 4 is 11.0 Å². The largest absolute Gasteiger partial charge is 0.493 e. The van der Waals surface area contributed by atoms with Crippen molar-refractivity contribution in [3.8, 4) is 5.75 Å². The zero-order valence-corrected chi connectivity index (χ0v) is 17.1. The van der Waals surface area contributed by atoms with Crippen LogP contribution in [0.3, 0.4) is 0 Å². The molecule has 1 heterocycles. The van der Waals surface area contributed by atoms with Gasteiger partial charge in [-0.1, -0.05) is 60.7 Å². The molecule has 29 heavy (non-hydrogen) atoms. The molecule has 0 saturated carbocycles. The molecule has 0 N–H and O–H groups in total. The maximum atomic E-state index is 5.95. The van der Waals surface area contributed by atoms with Crippen molar-refractivity contribution in [2.24, 2.45) is 0 Å². The van der Waals surface area contributed by atoms with Crippen LogP contribution in [0.4, 0.5) is 0 Å². The highest BCUT2D eigenvalue weighted by molar-refractivity contribution is 5.75. The van der Waals surface area contributed by atoms with Crippen molar-refractivity contribution in [1.82, 2.24) is 9.55 Å². The van der Waals surface area contributed by atoms with Crippen molar-refractivity contribution in [3.63, 3.8) is 0 Å². The molecule has 148 valence electrons. The second-order valence-electron chi connectivity index (χ2n) is 7.48. The van der Waals surface area contributed by atoms with Crippen LogP contribution in [0, 0.1) is 6.92 Å². The summed E-state index contributed by atoms with van der Waals surface area (Å²) in [6, 6.07) is 27.3. The number of unbranched alkanes of at least 4 members (excludes halogenated alkanes) is 1. The van der Waals surface area contributed by atoms with E-state index in [2.05, 4.69) is 72.2 Å². The van der Waals surface area contributed by atoms with Crippen LogP contribution in [0.15, 0.2) is 78.9 Å². The Balaban J connectivity index is 1.38. The third-order valence-corrected chi connectivity index (χ3v) is 5.34. The number of benzene rings is 3. The summed E-state index contributed by atoms with van der Waals surface area (Å²) in [6.07, 6.45) is 4.07. The first-order valence-electron chi connectivity index (χ1n) is 10.5. The fourth-order valence-electron chi connectivity index (χ4n) is 3.74. The average molecular weight is 385 g/mol. The van der Waals surface area contributed by atoms with Gasteiger partial charge in [-0.15, -0.1) is 0 Å². The van der Waals surface area contributed by atoms with Crippen LogP contribution >= 0.6 is 0 Å². The third kappa shape index (κ3) is 4.86. The summed E-state index contributed by atoms with van der Waals surface area (Å²) in [4.78, 5) is 4.92. The van der Waals surface area contributed by atoms with Gasteiger partial charge in [0.1, 0.15) is 11.6 Å². The minimum Gasteiger partial charge on any atom is -0.493 e. The third-order valence-electron chi connectivity index (χ3n) is 5.34. The highest BCUT2D eigenvalue weighted by atomic mass is 16.5. The molecule has 0 aliphatic rings. The summed E-state index contributed by atoms with van der Waals surface area (Å²) in [5, 5.41) is 0. The lowest BCUT2D eigenvalue weighted by atomic mass is 10.1.